The molecule has 10 saturated heterocycles. The molecule has 0 amide bonds. The molecule has 0 saturated carbocycles. The minimum atomic E-state index is -2.81. The van der Waals surface area contributed by atoms with E-state index in [1.165, 1.54) is 47.8 Å². The molecule has 10 heterocycles. The predicted octanol–water partition coefficient (Wildman–Crippen LogP) is 5.29. The average molecular weight is 378 g/mol. The van der Waals surface area contributed by atoms with E-state index < -0.39 is 6.51 Å². The van der Waals surface area contributed by atoms with E-state index in [2.05, 4.69) is 41.3 Å². The molecule has 0 aliphatic carbocycles. The van der Waals surface area contributed by atoms with Gasteiger partial charge in [0.2, 0.25) is 0 Å². The Kier molecular flexibility index (Phi) is 0.236. The van der Waals surface area contributed by atoms with Crippen LogP contribution in [0.25, 0.3) is 0 Å². The molecule has 10 aliphatic rings. The van der Waals surface area contributed by atoms with Gasteiger partial charge in [0.15, 0.2) is 0 Å². The second-order valence-electron chi connectivity index (χ2n) is 10.7. The van der Waals surface area contributed by atoms with Crippen LogP contribution in [0.15, 0.2) is 24.3 Å². The average Bonchev–Trinajstić information content (AvgIpc) is 3.28. The van der Waals surface area contributed by atoms with Crippen molar-refractivity contribution in [1.82, 2.24) is 0 Å². The molecule has 4 unspecified atom stereocenters. The first-order chi connectivity index (χ1) is 8.06. The van der Waals surface area contributed by atoms with E-state index in [4.69, 9.17) is 0 Å². The number of hydrogen-bond acceptors (Lipinski definition) is 0. The van der Waals surface area contributed by atoms with Gasteiger partial charge in [-0.05, 0) is 0 Å². The third-order valence-electron chi connectivity index (χ3n) is 15.6. The Hall–Kier alpha value is 0.729. The minimum absolute atomic E-state index is 0.994. The van der Waals surface area contributed by atoms with Crippen LogP contribution >= 0.6 is 22.6 Å². The molecule has 0 aromatic heterocycles. The molecule has 10 rings (SSSR count). The Balaban J connectivity index is 1.63. The van der Waals surface area contributed by atoms with Gasteiger partial charge in [-0.1, -0.05) is 0 Å². The van der Waals surface area contributed by atoms with Crippen molar-refractivity contribution < 1.29 is 6.51 Å². The second-order valence-corrected chi connectivity index (χ2v) is 35.1. The van der Waals surface area contributed by atoms with Crippen LogP contribution in [0, 0.1) is 0 Å². The van der Waals surface area contributed by atoms with E-state index in [9.17, 15) is 0 Å². The molecule has 0 bridgehead atoms. The van der Waals surface area contributed by atoms with E-state index in [0.717, 1.165) is 4.31 Å². The number of allylic oxidation sites excluding steroid dienone is 3. The van der Waals surface area contributed by atoms with Crippen LogP contribution in [0.5, 0.6) is 0 Å². The van der Waals surface area contributed by atoms with Crippen LogP contribution in [-0.2, 0) is 6.51 Å². The molecule has 2 heteroatoms. The number of rotatable bonds is 3. The first-order valence-electron chi connectivity index (χ1n) is 7.16. The predicted molar refractivity (Wildman–Crippen MR) is 73.6 cm³/mol. The van der Waals surface area contributed by atoms with Gasteiger partial charge in [-0.25, -0.2) is 0 Å². The zero-order chi connectivity index (χ0) is 10.7. The molecule has 0 N–H and O–H groups in total. The summed E-state index contributed by atoms with van der Waals surface area (Å²) in [5.41, 5.74) is 1.93. The first-order valence-corrected chi connectivity index (χ1v) is 15.0. The van der Waals surface area contributed by atoms with Crippen molar-refractivity contribution in [1.29, 1.82) is 0 Å². The monoisotopic (exact) mass is 378 g/mol. The van der Waals surface area contributed by atoms with Crippen LogP contribution in [0.4, 0.5) is 0 Å². The molecule has 90 valence electrons. The van der Waals surface area contributed by atoms with Gasteiger partial charge in [0.05, 0.1) is 0 Å². The number of fused-ring (bicyclic) bond motifs is 10. The molecule has 4 atom stereocenters. The molecule has 1 spiro atoms. The summed E-state index contributed by atoms with van der Waals surface area (Å²) >= 11 is 2.66. The summed E-state index contributed by atoms with van der Waals surface area (Å²) in [6.07, 6.45) is 4.59. The van der Waals surface area contributed by atoms with Gasteiger partial charge >= 0.3 is 105 Å². The molecule has 0 aromatic rings. The van der Waals surface area contributed by atoms with E-state index in [1.54, 1.807) is 0 Å². The third-order valence-corrected chi connectivity index (χ3v) is 58.9. The maximum atomic E-state index is 4.00. The van der Waals surface area contributed by atoms with Crippen LogP contribution in [0.1, 0.15) is 0 Å². The summed E-state index contributed by atoms with van der Waals surface area (Å²) in [6.45, 7) is 1.19. The Morgan fingerprint density at radius 3 is 1.82 bits per heavy atom. The fraction of sp³-hybridized carbons (Fsp3) is 0.733. The summed E-state index contributed by atoms with van der Waals surface area (Å²) in [5.74, 6) is 0. The Morgan fingerprint density at radius 1 is 1.06 bits per heavy atom. The van der Waals surface area contributed by atoms with Gasteiger partial charge in [0.25, 0.3) is 0 Å². The molecule has 17 heavy (non-hydrogen) atoms. The van der Waals surface area contributed by atoms with Crippen molar-refractivity contribution in [2.75, 3.05) is 4.43 Å². The summed E-state index contributed by atoms with van der Waals surface area (Å²) < 4.78 is 2.32. The Labute approximate surface area is 105 Å². The van der Waals surface area contributed by atoms with Crippen LogP contribution in [0.3, 0.4) is 0 Å². The van der Waals surface area contributed by atoms with Gasteiger partial charge in [0.1, 0.15) is 0 Å². The molecule has 10 fully saturated rings. The maximum absolute atomic E-state index is 4.00. The van der Waals surface area contributed by atoms with Crippen LogP contribution in [0.2, 0.25) is 47.7 Å². The quantitative estimate of drug-likeness (QED) is 0.271. The van der Waals surface area contributed by atoms with Gasteiger partial charge < -0.3 is 0 Å². The molecule has 0 radical (unpaired) electrons. The van der Waals surface area contributed by atoms with Gasteiger partial charge in [-0.15, -0.1) is 0 Å². The topological polar surface area (TPSA) is 0 Å². The van der Waals surface area contributed by atoms with Crippen LogP contribution < -0.4 is 0 Å². The summed E-state index contributed by atoms with van der Waals surface area (Å²) in [4.78, 5) is 13.1. The molecular weight excluding hydrogens is 363 g/mol. The van der Waals surface area contributed by atoms with Crippen molar-refractivity contribution in [2.45, 2.75) is 47.7 Å². The molecule has 0 aromatic carbocycles. The zero-order valence-electron chi connectivity index (χ0n) is 9.50. The Bertz CT molecular complexity index is 936. The number of alkyl halides is 1. The summed E-state index contributed by atoms with van der Waals surface area (Å²) in [7, 11) is 0. The summed E-state index contributed by atoms with van der Waals surface area (Å²) in [5, 5.41) is 0. The van der Waals surface area contributed by atoms with Crippen molar-refractivity contribution in [3.63, 3.8) is 0 Å². The fourth-order valence-electron chi connectivity index (χ4n) is 17.5. The fourth-order valence-corrected chi connectivity index (χ4v) is 93.2. The standard InChI is InChI=1S/C10H10I.C5H5.Fe/c1-2-5-10(8-11)9-6-3-4-7-9;1-2-4-5-3-1;/h2-7H,1,8H2;1-5H;. The van der Waals surface area contributed by atoms with Gasteiger partial charge in [-0.3, -0.25) is 0 Å². The van der Waals surface area contributed by atoms with Crippen molar-refractivity contribution >= 4 is 22.6 Å². The van der Waals surface area contributed by atoms with Gasteiger partial charge in [0, 0.05) is 0 Å². The van der Waals surface area contributed by atoms with E-state index >= 15 is 0 Å². The SMILES string of the molecule is C=CC=C(CI)[C]12[CH]3[CH]4[CH]5[CH]1[Fe]45321678[CH]2[CH]1[CH]6[CH]7[CH]28. The molecule has 10 aliphatic heterocycles. The molecular formula is C15H15FeI. The Morgan fingerprint density at radius 2 is 1.59 bits per heavy atom. The molecule has 0 nitrogen and oxygen atoms in total. The summed E-state index contributed by atoms with van der Waals surface area (Å²) in [6, 6.07) is 0. The van der Waals surface area contributed by atoms with Crippen LogP contribution in [-0.4, -0.2) is 4.43 Å². The first kappa shape index (κ1) is 6.95. The third kappa shape index (κ3) is 0.0719. The number of hydrogen-bond donors (Lipinski definition) is 0. The number of halogens is 1. The second kappa shape index (κ2) is 0.577. The van der Waals surface area contributed by atoms with E-state index in [1.807, 2.05) is 5.57 Å². The van der Waals surface area contributed by atoms with Gasteiger partial charge in [-0.2, -0.15) is 0 Å². The normalized spacial score (nSPS) is 120. The van der Waals surface area contributed by atoms with Crippen molar-refractivity contribution in [2.24, 2.45) is 0 Å². The van der Waals surface area contributed by atoms with E-state index in [-0.39, 0.29) is 0 Å². The van der Waals surface area contributed by atoms with Crippen molar-refractivity contribution in [3.05, 3.63) is 24.3 Å². The zero-order valence-corrected chi connectivity index (χ0v) is 12.8. The van der Waals surface area contributed by atoms with Crippen molar-refractivity contribution in [3.8, 4) is 0 Å². The van der Waals surface area contributed by atoms with E-state index in [0.29, 0.717) is 0 Å².